The van der Waals surface area contributed by atoms with Gasteiger partial charge in [0.15, 0.2) is 0 Å². The highest BCUT2D eigenvalue weighted by Gasteiger charge is 2.34. The number of anilines is 1. The number of fused-ring (bicyclic) bond motifs is 2. The predicted molar refractivity (Wildman–Crippen MR) is 99.3 cm³/mol. The lowest BCUT2D eigenvalue weighted by Crippen LogP contribution is -2.34. The quantitative estimate of drug-likeness (QED) is 0.657. The van der Waals surface area contributed by atoms with E-state index < -0.39 is 11.7 Å². The molecule has 2 aliphatic rings. The first kappa shape index (κ1) is 18.8. The van der Waals surface area contributed by atoms with Crippen LogP contribution in [0.5, 0.6) is 11.5 Å². The van der Waals surface area contributed by atoms with Gasteiger partial charge in [0.2, 0.25) is 5.91 Å². The lowest BCUT2D eigenvalue weighted by atomic mass is 9.85. The van der Waals surface area contributed by atoms with Gasteiger partial charge in [-0.2, -0.15) is 13.2 Å². The fourth-order valence-corrected chi connectivity index (χ4v) is 3.95. The summed E-state index contributed by atoms with van der Waals surface area (Å²) in [4.78, 5) is 12.7. The Morgan fingerprint density at radius 2 is 1.93 bits per heavy atom. The molecule has 2 atom stereocenters. The van der Waals surface area contributed by atoms with E-state index in [1.807, 2.05) is 12.1 Å². The zero-order chi connectivity index (χ0) is 19.9. The van der Waals surface area contributed by atoms with Gasteiger partial charge >= 0.3 is 6.18 Å². The first-order valence-corrected chi connectivity index (χ1v) is 9.37. The predicted octanol–water partition coefficient (Wildman–Crippen LogP) is 4.86. The van der Waals surface area contributed by atoms with Gasteiger partial charge in [-0.05, 0) is 43.0 Å². The number of ether oxygens (including phenoxy) is 1. The number of nitrogens with one attached hydrogen (secondary N) is 1. The topological polar surface area (TPSA) is 64.4 Å². The molecule has 0 radical (unpaired) electrons. The van der Waals surface area contributed by atoms with Crippen LogP contribution in [0.15, 0.2) is 36.4 Å². The largest absolute Gasteiger partial charge is 0.457 e. The van der Waals surface area contributed by atoms with E-state index >= 15 is 0 Å². The molecule has 4 nitrogen and oxygen atoms in total. The number of rotatable bonds is 2. The van der Waals surface area contributed by atoms with E-state index in [1.54, 1.807) is 12.1 Å². The molecule has 2 unspecified atom stereocenters. The molecule has 4 rings (SSSR count). The van der Waals surface area contributed by atoms with Crippen molar-refractivity contribution in [1.82, 2.24) is 0 Å². The highest BCUT2D eigenvalue weighted by atomic mass is 19.4. The monoisotopic (exact) mass is 390 g/mol. The Kier molecular flexibility index (Phi) is 4.79. The van der Waals surface area contributed by atoms with E-state index in [-0.39, 0.29) is 29.3 Å². The Hall–Kier alpha value is -2.54. The molecule has 1 aliphatic carbocycles. The highest BCUT2D eigenvalue weighted by Crippen LogP contribution is 2.44. The summed E-state index contributed by atoms with van der Waals surface area (Å²) in [6.45, 7) is 0. The molecule has 2 aromatic rings. The maximum absolute atomic E-state index is 13.4. The first-order valence-electron chi connectivity index (χ1n) is 9.37. The van der Waals surface area contributed by atoms with Crippen molar-refractivity contribution >= 4 is 11.6 Å². The third-order valence-corrected chi connectivity index (χ3v) is 5.44. The molecule has 0 saturated heterocycles. The van der Waals surface area contributed by atoms with Crippen molar-refractivity contribution in [3.63, 3.8) is 0 Å². The second-order valence-corrected chi connectivity index (χ2v) is 7.50. The van der Waals surface area contributed by atoms with Crippen molar-refractivity contribution < 1.29 is 22.7 Å². The second kappa shape index (κ2) is 7.13. The minimum Gasteiger partial charge on any atom is -0.457 e. The van der Waals surface area contributed by atoms with Crippen molar-refractivity contribution in [2.75, 3.05) is 5.32 Å². The number of benzene rings is 2. The summed E-state index contributed by atoms with van der Waals surface area (Å²) in [5, 5.41) is 2.73. The second-order valence-electron chi connectivity index (χ2n) is 7.50. The molecule has 28 heavy (non-hydrogen) atoms. The molecule has 1 saturated carbocycles. The van der Waals surface area contributed by atoms with Gasteiger partial charge in [0.25, 0.3) is 0 Å². The van der Waals surface area contributed by atoms with Gasteiger partial charge < -0.3 is 15.8 Å². The Labute approximate surface area is 160 Å². The van der Waals surface area contributed by atoms with E-state index in [2.05, 4.69) is 5.32 Å². The van der Waals surface area contributed by atoms with E-state index in [9.17, 15) is 18.0 Å². The molecule has 0 aromatic heterocycles. The van der Waals surface area contributed by atoms with Gasteiger partial charge in [-0.1, -0.05) is 24.6 Å². The van der Waals surface area contributed by atoms with Crippen molar-refractivity contribution in [1.29, 1.82) is 0 Å². The fraction of sp³-hybridized carbons (Fsp3) is 0.381. The summed E-state index contributed by atoms with van der Waals surface area (Å²) in [5.41, 5.74) is 6.68. The molecule has 1 fully saturated rings. The normalized spacial score (nSPS) is 21.3. The van der Waals surface area contributed by atoms with Gasteiger partial charge in [-0.25, -0.2) is 0 Å². The average molecular weight is 390 g/mol. The summed E-state index contributed by atoms with van der Waals surface area (Å²) in [7, 11) is 0. The zero-order valence-corrected chi connectivity index (χ0v) is 15.2. The molecular weight excluding hydrogens is 369 g/mol. The maximum Gasteiger partial charge on any atom is 0.416 e. The summed E-state index contributed by atoms with van der Waals surface area (Å²) in [6, 6.07) is 9.15. The van der Waals surface area contributed by atoms with Crippen LogP contribution in [-0.2, 0) is 17.4 Å². The highest BCUT2D eigenvalue weighted by molar-refractivity contribution is 5.94. The maximum atomic E-state index is 13.4. The molecule has 0 spiro atoms. The van der Waals surface area contributed by atoms with Gasteiger partial charge in [0.1, 0.15) is 11.5 Å². The van der Waals surface area contributed by atoms with Crippen LogP contribution in [0.3, 0.4) is 0 Å². The Bertz CT molecular complexity index is 911. The van der Waals surface area contributed by atoms with Crippen LogP contribution in [0.1, 0.15) is 42.4 Å². The fourth-order valence-electron chi connectivity index (χ4n) is 3.95. The molecule has 1 aliphatic heterocycles. The molecule has 7 heteroatoms. The van der Waals surface area contributed by atoms with Crippen LogP contribution in [0.25, 0.3) is 0 Å². The van der Waals surface area contributed by atoms with Crippen molar-refractivity contribution in [3.8, 4) is 11.5 Å². The third-order valence-electron chi connectivity index (χ3n) is 5.44. The molecule has 2 aromatic carbocycles. The molecule has 148 valence electrons. The lowest BCUT2D eigenvalue weighted by Gasteiger charge is -2.28. The summed E-state index contributed by atoms with van der Waals surface area (Å²) >= 11 is 0. The van der Waals surface area contributed by atoms with E-state index in [0.29, 0.717) is 30.6 Å². The van der Waals surface area contributed by atoms with Crippen LogP contribution >= 0.6 is 0 Å². The summed E-state index contributed by atoms with van der Waals surface area (Å²) in [6.07, 6.45) is -1.19. The SMILES string of the molecule is NC1CCCC(C(=O)Nc2cc(C(F)(F)F)cc3c2Cc2ccccc2O3)C1. The Morgan fingerprint density at radius 1 is 1.14 bits per heavy atom. The van der Waals surface area contributed by atoms with Gasteiger partial charge in [0.05, 0.1) is 5.56 Å². The summed E-state index contributed by atoms with van der Waals surface area (Å²) < 4.78 is 45.9. The number of carbonyl (C=O) groups is 1. The zero-order valence-electron chi connectivity index (χ0n) is 15.2. The minimum absolute atomic E-state index is 0.0462. The number of halogens is 3. The number of amides is 1. The Morgan fingerprint density at radius 3 is 2.68 bits per heavy atom. The molecular formula is C21H21F3N2O2. The number of nitrogens with two attached hydrogens (primary N) is 1. The third kappa shape index (κ3) is 3.71. The standard InChI is InChI=1S/C21H21F3N2O2/c22-21(23,24)14-10-17(26-20(27)13-5-3-6-15(25)8-13)16-9-12-4-1-2-7-18(12)28-19(16)11-14/h1-2,4,7,10-11,13,15H,3,5-6,8-9,25H2,(H,26,27). The Balaban J connectivity index is 1.69. The van der Waals surface area contributed by atoms with Crippen LogP contribution in [-0.4, -0.2) is 11.9 Å². The van der Waals surface area contributed by atoms with Crippen LogP contribution in [0, 0.1) is 5.92 Å². The molecule has 1 amide bonds. The minimum atomic E-state index is -4.54. The van der Waals surface area contributed by atoms with Gasteiger partial charge in [-0.3, -0.25) is 4.79 Å². The van der Waals surface area contributed by atoms with Crippen LogP contribution in [0.2, 0.25) is 0 Å². The number of hydrogen-bond acceptors (Lipinski definition) is 3. The van der Waals surface area contributed by atoms with E-state index in [4.69, 9.17) is 10.5 Å². The van der Waals surface area contributed by atoms with Crippen molar-refractivity contribution in [3.05, 3.63) is 53.1 Å². The van der Waals surface area contributed by atoms with E-state index in [1.165, 1.54) is 0 Å². The number of para-hydroxylation sites is 1. The lowest BCUT2D eigenvalue weighted by molar-refractivity contribution is -0.137. The van der Waals surface area contributed by atoms with Gasteiger partial charge in [0, 0.05) is 29.6 Å². The van der Waals surface area contributed by atoms with Crippen molar-refractivity contribution in [2.24, 2.45) is 11.7 Å². The molecule has 1 heterocycles. The van der Waals surface area contributed by atoms with E-state index in [0.717, 1.165) is 30.5 Å². The van der Waals surface area contributed by atoms with Crippen molar-refractivity contribution in [2.45, 2.75) is 44.3 Å². The first-order chi connectivity index (χ1) is 13.3. The van der Waals surface area contributed by atoms with Gasteiger partial charge in [-0.15, -0.1) is 0 Å². The smallest absolute Gasteiger partial charge is 0.416 e. The number of alkyl halides is 3. The number of carbonyl (C=O) groups excluding carboxylic acids is 1. The number of hydrogen-bond donors (Lipinski definition) is 2. The van der Waals surface area contributed by atoms with Crippen LogP contribution in [0.4, 0.5) is 18.9 Å². The molecule has 0 bridgehead atoms. The summed E-state index contributed by atoms with van der Waals surface area (Å²) in [5.74, 6) is 0.0929. The van der Waals surface area contributed by atoms with Crippen LogP contribution < -0.4 is 15.8 Å². The average Bonchev–Trinajstić information content (AvgIpc) is 2.65. The molecule has 3 N–H and O–H groups in total.